The number of nitrogens with zero attached hydrogens (tertiary/aromatic N) is 2. The first-order chi connectivity index (χ1) is 5.74. The summed E-state index contributed by atoms with van der Waals surface area (Å²) in [4.78, 5) is 11.1. The van der Waals surface area contributed by atoms with Crippen molar-refractivity contribution < 1.29 is 0 Å². The highest BCUT2D eigenvalue weighted by molar-refractivity contribution is 5.23. The van der Waals surface area contributed by atoms with Crippen molar-refractivity contribution in [3.05, 3.63) is 22.5 Å². The fraction of sp³-hybridized carbons (Fsp3) is 0.250. The van der Waals surface area contributed by atoms with Crippen LogP contribution in [0.4, 0.5) is 5.82 Å². The monoisotopic (exact) mass is 163 g/mol. The molecule has 0 unspecified atom stereocenters. The van der Waals surface area contributed by atoms with Gasteiger partial charge < -0.3 is 5.73 Å². The number of terminal acetylenes is 1. The van der Waals surface area contributed by atoms with Crippen LogP contribution in [0.1, 0.15) is 6.42 Å². The van der Waals surface area contributed by atoms with Gasteiger partial charge in [-0.2, -0.15) is 5.10 Å². The molecule has 0 amide bonds. The van der Waals surface area contributed by atoms with Crippen molar-refractivity contribution >= 4 is 5.82 Å². The van der Waals surface area contributed by atoms with Gasteiger partial charge in [-0.05, 0) is 6.07 Å². The molecule has 0 aliphatic carbocycles. The molecule has 0 bridgehead atoms. The van der Waals surface area contributed by atoms with Crippen molar-refractivity contribution in [3.63, 3.8) is 0 Å². The minimum Gasteiger partial charge on any atom is -0.382 e. The maximum Gasteiger partial charge on any atom is 0.266 e. The van der Waals surface area contributed by atoms with Crippen LogP contribution in [0.25, 0.3) is 0 Å². The highest BCUT2D eigenvalue weighted by Crippen LogP contribution is 1.89. The first-order valence-corrected chi connectivity index (χ1v) is 3.51. The fourth-order valence-electron chi connectivity index (χ4n) is 0.795. The fourth-order valence-corrected chi connectivity index (χ4v) is 0.795. The van der Waals surface area contributed by atoms with Gasteiger partial charge in [0.2, 0.25) is 0 Å². The lowest BCUT2D eigenvalue weighted by Crippen LogP contribution is -2.22. The molecule has 62 valence electrons. The molecule has 0 aromatic carbocycles. The summed E-state index contributed by atoms with van der Waals surface area (Å²) in [5.74, 6) is 2.75. The number of nitrogen functional groups attached to an aromatic ring is 1. The van der Waals surface area contributed by atoms with Gasteiger partial charge in [0.1, 0.15) is 5.82 Å². The van der Waals surface area contributed by atoms with Crippen LogP contribution in [-0.2, 0) is 6.54 Å². The Morgan fingerprint density at radius 1 is 1.67 bits per heavy atom. The van der Waals surface area contributed by atoms with Crippen LogP contribution in [-0.4, -0.2) is 9.78 Å². The van der Waals surface area contributed by atoms with Gasteiger partial charge >= 0.3 is 0 Å². The standard InChI is InChI=1S/C8H9N3O/c1-2-3-6-11-8(12)5-4-7(9)10-11/h1,4-5H,3,6H2,(H2,9,10). The van der Waals surface area contributed by atoms with E-state index in [-0.39, 0.29) is 5.56 Å². The van der Waals surface area contributed by atoms with E-state index in [1.54, 1.807) is 0 Å². The van der Waals surface area contributed by atoms with E-state index in [1.807, 2.05) is 0 Å². The van der Waals surface area contributed by atoms with Gasteiger partial charge in [0.15, 0.2) is 0 Å². The second-order valence-electron chi connectivity index (χ2n) is 2.27. The SMILES string of the molecule is C#CCCn1nc(N)ccc1=O. The first kappa shape index (κ1) is 8.34. The van der Waals surface area contributed by atoms with Gasteiger partial charge in [0, 0.05) is 12.5 Å². The van der Waals surface area contributed by atoms with E-state index >= 15 is 0 Å². The number of hydrogen-bond donors (Lipinski definition) is 1. The van der Waals surface area contributed by atoms with E-state index in [0.717, 1.165) is 0 Å². The van der Waals surface area contributed by atoms with Crippen LogP contribution in [0.2, 0.25) is 0 Å². The summed E-state index contributed by atoms with van der Waals surface area (Å²) in [5, 5.41) is 3.80. The molecule has 0 fully saturated rings. The Hall–Kier alpha value is -1.76. The van der Waals surface area contributed by atoms with E-state index in [2.05, 4.69) is 11.0 Å². The van der Waals surface area contributed by atoms with Crippen LogP contribution in [0.15, 0.2) is 16.9 Å². The topological polar surface area (TPSA) is 60.9 Å². The van der Waals surface area contributed by atoms with Crippen molar-refractivity contribution in [2.45, 2.75) is 13.0 Å². The highest BCUT2D eigenvalue weighted by Gasteiger charge is 1.95. The molecule has 1 aromatic rings. The van der Waals surface area contributed by atoms with Crippen LogP contribution >= 0.6 is 0 Å². The number of aryl methyl sites for hydroxylation is 1. The summed E-state index contributed by atoms with van der Waals surface area (Å²) in [6, 6.07) is 2.84. The van der Waals surface area contributed by atoms with E-state index < -0.39 is 0 Å². The molecular formula is C8H9N3O. The zero-order valence-electron chi connectivity index (χ0n) is 6.53. The van der Waals surface area contributed by atoms with Gasteiger partial charge in [-0.1, -0.05) is 0 Å². The average Bonchev–Trinajstić information content (AvgIpc) is 2.07. The van der Waals surface area contributed by atoms with Gasteiger partial charge in [0.05, 0.1) is 6.54 Å². The summed E-state index contributed by atoms with van der Waals surface area (Å²) in [6.07, 6.45) is 5.52. The third kappa shape index (κ3) is 1.86. The molecule has 0 atom stereocenters. The van der Waals surface area contributed by atoms with Crippen molar-refractivity contribution in [3.8, 4) is 12.3 Å². The second-order valence-corrected chi connectivity index (χ2v) is 2.27. The molecule has 4 heteroatoms. The number of aromatic nitrogens is 2. The molecule has 1 heterocycles. The molecule has 0 spiro atoms. The molecule has 1 aromatic heterocycles. The lowest BCUT2D eigenvalue weighted by Gasteiger charge is -2.00. The average molecular weight is 163 g/mol. The van der Waals surface area contributed by atoms with Crippen molar-refractivity contribution in [2.75, 3.05) is 5.73 Å². The number of anilines is 1. The Balaban J connectivity index is 2.92. The van der Waals surface area contributed by atoms with Crippen LogP contribution in [0, 0.1) is 12.3 Å². The third-order valence-electron chi connectivity index (χ3n) is 1.36. The third-order valence-corrected chi connectivity index (χ3v) is 1.36. The van der Waals surface area contributed by atoms with Crippen molar-refractivity contribution in [1.29, 1.82) is 0 Å². The van der Waals surface area contributed by atoms with E-state index in [1.165, 1.54) is 16.8 Å². The van der Waals surface area contributed by atoms with Crippen molar-refractivity contribution in [1.82, 2.24) is 9.78 Å². The van der Waals surface area contributed by atoms with Crippen LogP contribution in [0.5, 0.6) is 0 Å². The number of hydrogen-bond acceptors (Lipinski definition) is 3. The van der Waals surface area contributed by atoms with Gasteiger partial charge in [-0.3, -0.25) is 4.79 Å². The van der Waals surface area contributed by atoms with Gasteiger partial charge in [-0.15, -0.1) is 12.3 Å². The molecule has 0 saturated heterocycles. The summed E-state index contributed by atoms with van der Waals surface area (Å²) in [7, 11) is 0. The quantitative estimate of drug-likeness (QED) is 0.617. The number of nitrogens with two attached hydrogens (primary N) is 1. The van der Waals surface area contributed by atoms with Crippen LogP contribution < -0.4 is 11.3 Å². The summed E-state index contributed by atoms with van der Waals surface area (Å²) >= 11 is 0. The molecule has 0 aliphatic heterocycles. The first-order valence-electron chi connectivity index (χ1n) is 3.51. The smallest absolute Gasteiger partial charge is 0.266 e. The Morgan fingerprint density at radius 3 is 3.08 bits per heavy atom. The Kier molecular flexibility index (Phi) is 2.49. The minimum atomic E-state index is -0.181. The second kappa shape index (κ2) is 3.58. The summed E-state index contributed by atoms with van der Waals surface area (Å²) in [6.45, 7) is 0.417. The lowest BCUT2D eigenvalue weighted by molar-refractivity contribution is 0.595. The maximum absolute atomic E-state index is 11.1. The molecule has 0 aliphatic rings. The van der Waals surface area contributed by atoms with E-state index in [4.69, 9.17) is 12.2 Å². The Morgan fingerprint density at radius 2 is 2.42 bits per heavy atom. The molecule has 2 N–H and O–H groups in total. The van der Waals surface area contributed by atoms with E-state index in [0.29, 0.717) is 18.8 Å². The highest BCUT2D eigenvalue weighted by atomic mass is 16.1. The maximum atomic E-state index is 11.1. The Bertz CT molecular complexity index is 361. The minimum absolute atomic E-state index is 0.181. The largest absolute Gasteiger partial charge is 0.382 e. The van der Waals surface area contributed by atoms with Crippen molar-refractivity contribution in [2.24, 2.45) is 0 Å². The van der Waals surface area contributed by atoms with E-state index in [9.17, 15) is 4.79 Å². The molecule has 1 rings (SSSR count). The Labute approximate surface area is 70.0 Å². The zero-order valence-corrected chi connectivity index (χ0v) is 6.53. The number of rotatable bonds is 2. The molecule has 4 nitrogen and oxygen atoms in total. The zero-order chi connectivity index (χ0) is 8.97. The molecule has 0 radical (unpaired) electrons. The molecular weight excluding hydrogens is 154 g/mol. The summed E-state index contributed by atoms with van der Waals surface area (Å²) in [5.41, 5.74) is 5.20. The predicted octanol–water partition coefficient (Wildman–Crippen LogP) is -0.151. The van der Waals surface area contributed by atoms with Crippen LogP contribution in [0.3, 0.4) is 0 Å². The normalized spacial score (nSPS) is 9.25. The molecule has 12 heavy (non-hydrogen) atoms. The lowest BCUT2D eigenvalue weighted by atomic mass is 10.4. The predicted molar refractivity (Wildman–Crippen MR) is 46.4 cm³/mol. The molecule has 0 saturated carbocycles. The van der Waals surface area contributed by atoms with Gasteiger partial charge in [-0.25, -0.2) is 4.68 Å². The summed E-state index contributed by atoms with van der Waals surface area (Å²) < 4.78 is 1.26. The van der Waals surface area contributed by atoms with Gasteiger partial charge in [0.25, 0.3) is 5.56 Å².